The molecule has 2 unspecified atom stereocenters. The molecule has 8 nitrogen and oxygen atoms in total. The van der Waals surface area contributed by atoms with E-state index in [9.17, 15) is 14.3 Å². The number of nitrogens with two attached hydrogens (primary N) is 1. The summed E-state index contributed by atoms with van der Waals surface area (Å²) in [5, 5.41) is 0. The summed E-state index contributed by atoms with van der Waals surface area (Å²) >= 11 is 0. The van der Waals surface area contributed by atoms with Gasteiger partial charge in [0.2, 0.25) is 0 Å². The maximum atomic E-state index is 12.5. The number of unbranched alkanes of at least 4 members (excludes halogenated alkanes) is 14. The quantitative estimate of drug-likeness (QED) is 0.0208. The van der Waals surface area contributed by atoms with Gasteiger partial charge in [0.15, 0.2) is 6.10 Å². The molecule has 0 radical (unpaired) electrons. The van der Waals surface area contributed by atoms with Crippen LogP contribution in [0, 0.1) is 0 Å². The van der Waals surface area contributed by atoms with Crippen LogP contribution in [-0.4, -0.2) is 43.3 Å². The highest BCUT2D eigenvalue weighted by Crippen LogP contribution is 2.43. The Morgan fingerprint density at radius 2 is 1.00 bits per heavy atom. The molecule has 3 N–H and O–H groups in total. The van der Waals surface area contributed by atoms with Crippen molar-refractivity contribution in [2.75, 3.05) is 26.4 Å². The van der Waals surface area contributed by atoms with Gasteiger partial charge in [-0.25, -0.2) is 4.57 Å². The highest BCUT2D eigenvalue weighted by molar-refractivity contribution is 7.47. The van der Waals surface area contributed by atoms with Gasteiger partial charge in [-0.1, -0.05) is 145 Å². The number of ether oxygens (including phenoxy) is 2. The van der Waals surface area contributed by atoms with Gasteiger partial charge >= 0.3 is 13.8 Å². The highest BCUT2D eigenvalue weighted by atomic mass is 31.2. The normalized spacial score (nSPS) is 14.3. The Morgan fingerprint density at radius 3 is 1.54 bits per heavy atom. The first-order valence-corrected chi connectivity index (χ1v) is 22.6. The standard InChI is InChI=1S/C45H78NO7P/c1-3-5-7-9-11-13-15-17-19-21-22-23-24-26-28-30-32-34-36-38-45(47)53-44(43-52-54(48,49)51-41-39-46)42-50-40-37-35-33-31-29-27-25-20-18-16-14-12-10-8-6-4-2/h11,13,17-20,22-23,26,28,32,34,37,40,44H,3-10,12,14-16,21,24-25,27,29-31,33,35-36,38-39,41-43,46H2,1-2H3,(H,48,49). The minimum Gasteiger partial charge on any atom is -0.498 e. The lowest BCUT2D eigenvalue weighted by atomic mass is 10.1. The lowest BCUT2D eigenvalue weighted by Crippen LogP contribution is -2.27. The van der Waals surface area contributed by atoms with Gasteiger partial charge in [-0.2, -0.15) is 0 Å². The van der Waals surface area contributed by atoms with E-state index in [1.165, 1.54) is 83.5 Å². The predicted octanol–water partition coefficient (Wildman–Crippen LogP) is 12.9. The average Bonchev–Trinajstić information content (AvgIpc) is 3.16. The van der Waals surface area contributed by atoms with Gasteiger partial charge in [-0.15, -0.1) is 0 Å². The van der Waals surface area contributed by atoms with Gasteiger partial charge in [0.1, 0.15) is 6.61 Å². The molecule has 0 heterocycles. The Hall–Kier alpha value is -2.48. The van der Waals surface area contributed by atoms with Gasteiger partial charge in [0.05, 0.1) is 19.5 Å². The van der Waals surface area contributed by atoms with E-state index in [-0.39, 0.29) is 32.8 Å². The SMILES string of the molecule is CCCCCC=CCC=CCC=CCC=CCC=CCCC(=O)OC(COC=CCCCCCCC=CCCCCCCCC)COP(=O)(O)OCCN. The van der Waals surface area contributed by atoms with E-state index in [1.54, 1.807) is 6.26 Å². The van der Waals surface area contributed by atoms with Crippen molar-refractivity contribution in [1.29, 1.82) is 0 Å². The zero-order valence-electron chi connectivity index (χ0n) is 34.2. The van der Waals surface area contributed by atoms with Gasteiger partial charge in [-0.3, -0.25) is 13.8 Å². The van der Waals surface area contributed by atoms with E-state index in [0.717, 1.165) is 51.4 Å². The fourth-order valence-electron chi connectivity index (χ4n) is 5.23. The van der Waals surface area contributed by atoms with E-state index in [1.807, 2.05) is 18.2 Å². The number of carbonyl (C=O) groups excluding carboxylic acids is 1. The molecule has 0 bridgehead atoms. The van der Waals surface area contributed by atoms with Crippen LogP contribution in [0.2, 0.25) is 0 Å². The minimum absolute atomic E-state index is 0.00783. The summed E-state index contributed by atoms with van der Waals surface area (Å²) in [7, 11) is -4.32. The van der Waals surface area contributed by atoms with Gasteiger partial charge in [-0.05, 0) is 89.5 Å². The summed E-state index contributed by atoms with van der Waals surface area (Å²) in [5.41, 5.74) is 5.35. The van der Waals surface area contributed by atoms with Crippen LogP contribution in [0.25, 0.3) is 0 Å². The third kappa shape index (κ3) is 40.7. The van der Waals surface area contributed by atoms with Crippen LogP contribution in [0.4, 0.5) is 0 Å². The largest absolute Gasteiger partial charge is 0.498 e. The number of allylic oxidation sites excluding steroid dienone is 13. The molecular weight excluding hydrogens is 697 g/mol. The molecule has 0 aromatic carbocycles. The fourth-order valence-corrected chi connectivity index (χ4v) is 6.00. The monoisotopic (exact) mass is 776 g/mol. The summed E-state index contributed by atoms with van der Waals surface area (Å²) in [5.74, 6) is -0.438. The number of phosphoric ester groups is 1. The molecule has 0 amide bonds. The molecule has 0 spiro atoms. The molecule has 0 saturated heterocycles. The Balaban J connectivity index is 4.28. The topological polar surface area (TPSA) is 117 Å². The van der Waals surface area contributed by atoms with E-state index in [4.69, 9.17) is 24.3 Å². The van der Waals surface area contributed by atoms with Crippen molar-refractivity contribution in [2.45, 2.75) is 168 Å². The number of phosphoric acid groups is 1. The van der Waals surface area contributed by atoms with Gasteiger partial charge in [0.25, 0.3) is 0 Å². The molecule has 54 heavy (non-hydrogen) atoms. The van der Waals surface area contributed by atoms with Crippen molar-refractivity contribution in [2.24, 2.45) is 5.73 Å². The average molecular weight is 776 g/mol. The number of carbonyl (C=O) groups is 1. The maximum absolute atomic E-state index is 12.5. The first kappa shape index (κ1) is 51.5. The van der Waals surface area contributed by atoms with Crippen LogP contribution >= 0.6 is 7.82 Å². The first-order valence-electron chi connectivity index (χ1n) is 21.1. The van der Waals surface area contributed by atoms with Crippen molar-refractivity contribution in [3.05, 3.63) is 85.3 Å². The Kier molecular flexibility index (Phi) is 39.8. The molecule has 0 aliphatic heterocycles. The van der Waals surface area contributed by atoms with Crippen LogP contribution in [0.1, 0.15) is 162 Å². The Morgan fingerprint density at radius 1 is 0.574 bits per heavy atom. The number of esters is 1. The fraction of sp³-hybridized carbons (Fsp3) is 0.667. The molecule has 0 saturated carbocycles. The van der Waals surface area contributed by atoms with E-state index >= 15 is 0 Å². The lowest BCUT2D eigenvalue weighted by Gasteiger charge is -2.19. The third-order valence-electron chi connectivity index (χ3n) is 8.36. The number of rotatable bonds is 39. The zero-order valence-corrected chi connectivity index (χ0v) is 35.1. The molecular formula is C45H78NO7P. The maximum Gasteiger partial charge on any atom is 0.472 e. The predicted molar refractivity (Wildman–Crippen MR) is 228 cm³/mol. The summed E-state index contributed by atoms with van der Waals surface area (Å²) < 4.78 is 33.0. The first-order chi connectivity index (χ1) is 26.4. The molecule has 0 fully saturated rings. The van der Waals surface area contributed by atoms with Crippen LogP contribution in [0.15, 0.2) is 85.3 Å². The van der Waals surface area contributed by atoms with Crippen molar-refractivity contribution in [1.82, 2.24) is 0 Å². The molecule has 0 aromatic heterocycles. The smallest absolute Gasteiger partial charge is 0.472 e. The van der Waals surface area contributed by atoms with Crippen molar-refractivity contribution < 1.29 is 32.8 Å². The molecule has 0 aromatic rings. The summed E-state index contributed by atoms with van der Waals surface area (Å²) in [6.45, 7) is 4.09. The summed E-state index contributed by atoms with van der Waals surface area (Å²) in [6, 6.07) is 0. The Bertz CT molecular complexity index is 1100. The molecule has 2 atom stereocenters. The minimum atomic E-state index is -4.32. The van der Waals surface area contributed by atoms with Crippen molar-refractivity contribution >= 4 is 13.8 Å². The lowest BCUT2D eigenvalue weighted by molar-refractivity contribution is -0.153. The van der Waals surface area contributed by atoms with Crippen LogP contribution in [0.3, 0.4) is 0 Å². The van der Waals surface area contributed by atoms with Crippen molar-refractivity contribution in [3.8, 4) is 0 Å². The summed E-state index contributed by atoms with van der Waals surface area (Å²) in [6.07, 6.45) is 54.2. The summed E-state index contributed by atoms with van der Waals surface area (Å²) in [4.78, 5) is 22.4. The highest BCUT2D eigenvalue weighted by Gasteiger charge is 2.25. The van der Waals surface area contributed by atoms with E-state index < -0.39 is 19.9 Å². The van der Waals surface area contributed by atoms with Gasteiger partial charge < -0.3 is 20.1 Å². The third-order valence-corrected chi connectivity index (χ3v) is 9.35. The molecule has 0 aliphatic carbocycles. The molecule has 0 aliphatic rings. The Labute approximate surface area is 330 Å². The molecule has 9 heteroatoms. The van der Waals surface area contributed by atoms with Crippen LogP contribution in [0.5, 0.6) is 0 Å². The number of hydrogen-bond donors (Lipinski definition) is 2. The zero-order chi connectivity index (χ0) is 39.5. The second-order valence-electron chi connectivity index (χ2n) is 13.6. The van der Waals surface area contributed by atoms with Crippen molar-refractivity contribution in [3.63, 3.8) is 0 Å². The molecule has 310 valence electrons. The van der Waals surface area contributed by atoms with Crippen LogP contribution in [-0.2, 0) is 27.9 Å². The van der Waals surface area contributed by atoms with Gasteiger partial charge in [0, 0.05) is 13.0 Å². The van der Waals surface area contributed by atoms with E-state index in [2.05, 4.69) is 74.6 Å². The van der Waals surface area contributed by atoms with E-state index in [0.29, 0.717) is 6.42 Å². The molecule has 0 rings (SSSR count). The second kappa shape index (κ2) is 41.7. The number of hydrogen-bond acceptors (Lipinski definition) is 7. The van der Waals surface area contributed by atoms with Crippen LogP contribution < -0.4 is 5.73 Å². The second-order valence-corrected chi connectivity index (χ2v) is 15.0.